The van der Waals surface area contributed by atoms with Gasteiger partial charge >= 0.3 is 0 Å². The van der Waals surface area contributed by atoms with Gasteiger partial charge in [-0.05, 0) is 30.2 Å². The summed E-state index contributed by atoms with van der Waals surface area (Å²) in [5.41, 5.74) is 0.761. The second-order valence-corrected chi connectivity index (χ2v) is 6.29. The van der Waals surface area contributed by atoms with Crippen molar-refractivity contribution in [2.75, 3.05) is 25.2 Å². The lowest BCUT2D eigenvalue weighted by Crippen LogP contribution is -2.45. The van der Waals surface area contributed by atoms with Crippen LogP contribution in [0.4, 0.5) is 5.69 Å². The fraction of sp³-hybridized carbons (Fsp3) is 0.556. The maximum Gasteiger partial charge on any atom is 0.227 e. The first-order chi connectivity index (χ1) is 11.5. The molecule has 0 unspecified atom stereocenters. The molecule has 1 heterocycles. The summed E-state index contributed by atoms with van der Waals surface area (Å²) >= 11 is 0. The highest BCUT2D eigenvalue weighted by Gasteiger charge is 2.36. The maximum absolute atomic E-state index is 12.4. The summed E-state index contributed by atoms with van der Waals surface area (Å²) in [7, 11) is 1.59. The van der Waals surface area contributed by atoms with Crippen LogP contribution in [-0.2, 0) is 9.59 Å². The van der Waals surface area contributed by atoms with Crippen LogP contribution >= 0.6 is 0 Å². The minimum Gasteiger partial charge on any atom is -0.497 e. The molecule has 0 saturated carbocycles. The van der Waals surface area contributed by atoms with Crippen molar-refractivity contribution < 1.29 is 19.4 Å². The molecule has 2 rings (SSSR count). The Kier molecular flexibility index (Phi) is 6.20. The number of aliphatic hydroxyl groups is 1. The van der Waals surface area contributed by atoms with Gasteiger partial charge in [-0.1, -0.05) is 20.3 Å². The van der Waals surface area contributed by atoms with E-state index in [1.54, 1.807) is 24.1 Å². The number of hydrogen-bond acceptors (Lipinski definition) is 4. The van der Waals surface area contributed by atoms with E-state index in [2.05, 4.69) is 5.32 Å². The molecule has 1 fully saturated rings. The minimum absolute atomic E-state index is 0.0654. The molecule has 132 valence electrons. The smallest absolute Gasteiger partial charge is 0.227 e. The maximum atomic E-state index is 12.4. The summed E-state index contributed by atoms with van der Waals surface area (Å²) < 4.78 is 5.12. The van der Waals surface area contributed by atoms with Gasteiger partial charge in [0.2, 0.25) is 11.8 Å². The van der Waals surface area contributed by atoms with E-state index in [0.717, 1.165) is 17.9 Å². The molecule has 3 atom stereocenters. The van der Waals surface area contributed by atoms with Gasteiger partial charge in [-0.25, -0.2) is 0 Å². The minimum atomic E-state index is -0.391. The van der Waals surface area contributed by atoms with Crippen LogP contribution in [0.15, 0.2) is 24.3 Å². The number of benzene rings is 1. The Balaban J connectivity index is 2.01. The van der Waals surface area contributed by atoms with E-state index >= 15 is 0 Å². The first-order valence-electron chi connectivity index (χ1n) is 8.35. The summed E-state index contributed by atoms with van der Waals surface area (Å²) in [6.45, 7) is 4.27. The van der Waals surface area contributed by atoms with E-state index in [1.807, 2.05) is 26.0 Å². The Morgan fingerprint density at radius 3 is 2.62 bits per heavy atom. The summed E-state index contributed by atoms with van der Waals surface area (Å²) in [5, 5.41) is 12.3. The van der Waals surface area contributed by atoms with Crippen LogP contribution in [0.5, 0.6) is 5.75 Å². The molecular formula is C18H26N2O4. The standard InChI is InChI=1S/C18H26N2O4/c1-4-12(2)16(11-21)19-18(23)13-9-17(22)20(10-13)14-5-7-15(24-3)8-6-14/h5-8,12-13,16,21H,4,9-11H2,1-3H3,(H,19,23)/t12-,13+,16+/m0/s1. The molecule has 24 heavy (non-hydrogen) atoms. The van der Waals surface area contributed by atoms with Crippen molar-refractivity contribution in [2.45, 2.75) is 32.7 Å². The highest BCUT2D eigenvalue weighted by atomic mass is 16.5. The predicted octanol–water partition coefficient (Wildman–Crippen LogP) is 1.57. The van der Waals surface area contributed by atoms with E-state index in [-0.39, 0.29) is 36.8 Å². The van der Waals surface area contributed by atoms with Gasteiger partial charge in [0.1, 0.15) is 5.75 Å². The normalized spacial score (nSPS) is 19.9. The number of nitrogens with zero attached hydrogens (tertiary/aromatic N) is 1. The zero-order chi connectivity index (χ0) is 17.7. The molecule has 0 radical (unpaired) electrons. The van der Waals surface area contributed by atoms with Gasteiger partial charge in [0, 0.05) is 18.7 Å². The summed E-state index contributed by atoms with van der Waals surface area (Å²) in [4.78, 5) is 26.3. The van der Waals surface area contributed by atoms with Gasteiger partial charge < -0.3 is 20.1 Å². The van der Waals surface area contributed by atoms with Crippen LogP contribution in [0.3, 0.4) is 0 Å². The molecule has 2 amide bonds. The molecule has 0 aromatic heterocycles. The Hall–Kier alpha value is -2.08. The van der Waals surface area contributed by atoms with E-state index in [4.69, 9.17) is 4.74 Å². The van der Waals surface area contributed by atoms with Gasteiger partial charge in [0.05, 0.1) is 25.7 Å². The van der Waals surface area contributed by atoms with Crippen LogP contribution in [-0.4, -0.2) is 43.2 Å². The van der Waals surface area contributed by atoms with E-state index in [0.29, 0.717) is 6.54 Å². The van der Waals surface area contributed by atoms with Crippen LogP contribution in [0.1, 0.15) is 26.7 Å². The zero-order valence-corrected chi connectivity index (χ0v) is 14.5. The molecule has 6 heteroatoms. The molecule has 2 N–H and O–H groups in total. The third-order valence-electron chi connectivity index (χ3n) is 4.74. The third kappa shape index (κ3) is 4.06. The molecule has 1 aliphatic rings. The van der Waals surface area contributed by atoms with Gasteiger partial charge in [-0.15, -0.1) is 0 Å². The summed E-state index contributed by atoms with van der Waals surface area (Å²) in [5.74, 6) is 0.286. The van der Waals surface area contributed by atoms with Crippen molar-refractivity contribution >= 4 is 17.5 Å². The monoisotopic (exact) mass is 334 g/mol. The average Bonchev–Trinajstić information content (AvgIpc) is 3.00. The number of methoxy groups -OCH3 is 1. The number of nitrogens with one attached hydrogen (secondary N) is 1. The number of rotatable bonds is 7. The number of amides is 2. The second-order valence-electron chi connectivity index (χ2n) is 6.29. The largest absolute Gasteiger partial charge is 0.497 e. The second kappa shape index (κ2) is 8.15. The molecule has 0 spiro atoms. The topological polar surface area (TPSA) is 78.9 Å². The van der Waals surface area contributed by atoms with E-state index in [9.17, 15) is 14.7 Å². The number of ether oxygens (including phenoxy) is 1. The zero-order valence-electron chi connectivity index (χ0n) is 14.5. The van der Waals surface area contributed by atoms with Crippen LogP contribution < -0.4 is 15.0 Å². The summed E-state index contributed by atoms with van der Waals surface area (Å²) in [6, 6.07) is 6.94. The molecule has 6 nitrogen and oxygen atoms in total. The number of hydrogen-bond donors (Lipinski definition) is 2. The first kappa shape index (κ1) is 18.3. The number of carbonyl (C=O) groups is 2. The number of aliphatic hydroxyl groups excluding tert-OH is 1. The van der Waals surface area contributed by atoms with Gasteiger partial charge in [0.15, 0.2) is 0 Å². The number of carbonyl (C=O) groups excluding carboxylic acids is 2. The Labute approximate surface area is 142 Å². The van der Waals surface area contributed by atoms with Crippen molar-refractivity contribution in [3.8, 4) is 5.75 Å². The average molecular weight is 334 g/mol. The lowest BCUT2D eigenvalue weighted by Gasteiger charge is -2.24. The SMILES string of the molecule is CC[C@H](C)[C@@H](CO)NC(=O)[C@@H]1CC(=O)N(c2ccc(OC)cc2)C1. The van der Waals surface area contributed by atoms with Gasteiger partial charge in [0.25, 0.3) is 0 Å². The van der Waals surface area contributed by atoms with Crippen molar-refractivity contribution in [3.63, 3.8) is 0 Å². The predicted molar refractivity (Wildman–Crippen MR) is 91.9 cm³/mol. The van der Waals surface area contributed by atoms with Crippen molar-refractivity contribution in [2.24, 2.45) is 11.8 Å². The Morgan fingerprint density at radius 2 is 2.08 bits per heavy atom. The summed E-state index contributed by atoms with van der Waals surface area (Å²) in [6.07, 6.45) is 1.06. The van der Waals surface area contributed by atoms with Crippen molar-refractivity contribution in [1.82, 2.24) is 5.32 Å². The van der Waals surface area contributed by atoms with E-state index < -0.39 is 5.92 Å². The highest BCUT2D eigenvalue weighted by Crippen LogP contribution is 2.27. The first-order valence-corrected chi connectivity index (χ1v) is 8.35. The lowest BCUT2D eigenvalue weighted by molar-refractivity contribution is -0.127. The van der Waals surface area contributed by atoms with Crippen LogP contribution in [0, 0.1) is 11.8 Å². The van der Waals surface area contributed by atoms with Crippen molar-refractivity contribution in [1.29, 1.82) is 0 Å². The molecule has 1 aromatic carbocycles. The van der Waals surface area contributed by atoms with Crippen molar-refractivity contribution in [3.05, 3.63) is 24.3 Å². The molecule has 0 bridgehead atoms. The highest BCUT2D eigenvalue weighted by molar-refractivity contribution is 6.00. The molecule has 0 aliphatic carbocycles. The number of anilines is 1. The Morgan fingerprint density at radius 1 is 1.42 bits per heavy atom. The molecule has 1 aliphatic heterocycles. The molecular weight excluding hydrogens is 308 g/mol. The van der Waals surface area contributed by atoms with E-state index in [1.165, 1.54) is 0 Å². The molecule has 1 aromatic rings. The fourth-order valence-electron chi connectivity index (χ4n) is 2.85. The van der Waals surface area contributed by atoms with Gasteiger partial charge in [-0.3, -0.25) is 9.59 Å². The lowest BCUT2D eigenvalue weighted by atomic mass is 9.98. The quantitative estimate of drug-likeness (QED) is 0.793. The van der Waals surface area contributed by atoms with Crippen LogP contribution in [0.25, 0.3) is 0 Å². The third-order valence-corrected chi connectivity index (χ3v) is 4.74. The molecule has 1 saturated heterocycles. The van der Waals surface area contributed by atoms with Crippen LogP contribution in [0.2, 0.25) is 0 Å². The van der Waals surface area contributed by atoms with Gasteiger partial charge in [-0.2, -0.15) is 0 Å². The fourth-order valence-corrected chi connectivity index (χ4v) is 2.85. The Bertz CT molecular complexity index is 573.